The van der Waals surface area contributed by atoms with Crippen molar-refractivity contribution in [1.29, 1.82) is 0 Å². The van der Waals surface area contributed by atoms with E-state index in [9.17, 15) is 0 Å². The second-order valence-corrected chi connectivity index (χ2v) is 4.98. The molecular formula is C16H27NO2. The summed E-state index contributed by atoms with van der Waals surface area (Å²) in [4.78, 5) is 4.49. The van der Waals surface area contributed by atoms with Crippen molar-refractivity contribution in [1.82, 2.24) is 0 Å². The van der Waals surface area contributed by atoms with Crippen molar-refractivity contribution in [3.05, 3.63) is 35.9 Å². The summed E-state index contributed by atoms with van der Waals surface area (Å²) in [7, 11) is 0. The maximum atomic E-state index is 8.06. The van der Waals surface area contributed by atoms with Crippen LogP contribution >= 0.6 is 0 Å². The predicted molar refractivity (Wildman–Crippen MR) is 81.7 cm³/mol. The van der Waals surface area contributed by atoms with Gasteiger partial charge in [0.2, 0.25) is 5.90 Å². The summed E-state index contributed by atoms with van der Waals surface area (Å²) in [5, 5.41) is 8.06. The third-order valence-electron chi connectivity index (χ3n) is 1.99. The molecule has 3 nitrogen and oxygen atoms in total. The average Bonchev–Trinajstić information content (AvgIpc) is 2.73. The number of hydrogen-bond donors (Lipinski definition) is 1. The number of ether oxygens (including phenoxy) is 1. The van der Waals surface area contributed by atoms with E-state index in [1.807, 2.05) is 44.2 Å². The molecule has 0 amide bonds. The van der Waals surface area contributed by atoms with Crippen LogP contribution in [0.15, 0.2) is 35.3 Å². The van der Waals surface area contributed by atoms with Gasteiger partial charge in [0, 0.05) is 11.7 Å². The Balaban J connectivity index is 0.000000467. The summed E-state index contributed by atoms with van der Waals surface area (Å²) < 4.78 is 5.50. The Morgan fingerprint density at radius 1 is 1.16 bits per heavy atom. The first-order chi connectivity index (χ1) is 8.91. The Morgan fingerprint density at radius 3 is 2.00 bits per heavy atom. The molecule has 0 atom stereocenters. The molecule has 0 bridgehead atoms. The molecule has 0 aromatic heterocycles. The Hall–Kier alpha value is -1.35. The van der Waals surface area contributed by atoms with E-state index in [0.717, 1.165) is 11.5 Å². The van der Waals surface area contributed by atoms with Crippen LogP contribution in [0.5, 0.6) is 0 Å². The lowest BCUT2D eigenvalue weighted by Crippen LogP contribution is -2.17. The lowest BCUT2D eigenvalue weighted by Gasteiger charge is -2.07. The lowest BCUT2D eigenvalue weighted by molar-refractivity contribution is 0.216. The van der Waals surface area contributed by atoms with Gasteiger partial charge in [-0.1, -0.05) is 32.0 Å². The van der Waals surface area contributed by atoms with Crippen molar-refractivity contribution in [2.75, 3.05) is 6.61 Å². The molecular weight excluding hydrogens is 238 g/mol. The molecule has 2 rings (SSSR count). The van der Waals surface area contributed by atoms with Gasteiger partial charge in [-0.3, -0.25) is 0 Å². The van der Waals surface area contributed by atoms with Crippen LogP contribution in [0.1, 0.15) is 47.1 Å². The number of aliphatic hydroxyl groups excluding tert-OH is 1. The molecule has 1 heterocycles. The highest BCUT2D eigenvalue weighted by Crippen LogP contribution is 2.20. The van der Waals surface area contributed by atoms with Gasteiger partial charge in [0.25, 0.3) is 0 Å². The second-order valence-electron chi connectivity index (χ2n) is 4.98. The largest absolute Gasteiger partial charge is 0.475 e. The van der Waals surface area contributed by atoms with Crippen molar-refractivity contribution < 1.29 is 9.84 Å². The van der Waals surface area contributed by atoms with E-state index < -0.39 is 0 Å². The van der Waals surface area contributed by atoms with Gasteiger partial charge in [-0.15, -0.1) is 0 Å². The van der Waals surface area contributed by atoms with Gasteiger partial charge in [-0.2, -0.15) is 0 Å². The maximum absolute atomic E-state index is 8.06. The molecule has 0 saturated heterocycles. The van der Waals surface area contributed by atoms with Crippen LogP contribution in [0.4, 0.5) is 0 Å². The van der Waals surface area contributed by atoms with Gasteiger partial charge in [0.15, 0.2) is 0 Å². The smallest absolute Gasteiger partial charge is 0.216 e. The highest BCUT2D eigenvalue weighted by Gasteiger charge is 2.26. The van der Waals surface area contributed by atoms with Gasteiger partial charge in [0.05, 0.1) is 5.54 Å². The third kappa shape index (κ3) is 7.62. The number of hydrogen-bond acceptors (Lipinski definition) is 3. The van der Waals surface area contributed by atoms with E-state index in [0.29, 0.717) is 6.61 Å². The SMILES string of the molecule is CC.CC(C)O.CC1(C)COC(c2ccccc2)=N1. The van der Waals surface area contributed by atoms with Crippen LogP contribution in [0, 0.1) is 0 Å². The molecule has 1 aliphatic rings. The van der Waals surface area contributed by atoms with Crippen molar-refractivity contribution in [2.24, 2.45) is 4.99 Å². The van der Waals surface area contributed by atoms with Gasteiger partial charge in [-0.25, -0.2) is 4.99 Å². The molecule has 0 saturated carbocycles. The van der Waals surface area contributed by atoms with Crippen LogP contribution in [0.25, 0.3) is 0 Å². The normalized spacial score (nSPS) is 15.5. The average molecular weight is 265 g/mol. The first-order valence-corrected chi connectivity index (χ1v) is 6.87. The van der Waals surface area contributed by atoms with Crippen LogP contribution < -0.4 is 0 Å². The highest BCUT2D eigenvalue weighted by atomic mass is 16.5. The summed E-state index contributed by atoms with van der Waals surface area (Å²) in [5.74, 6) is 0.769. The van der Waals surface area contributed by atoms with Gasteiger partial charge < -0.3 is 9.84 Å². The molecule has 108 valence electrons. The van der Waals surface area contributed by atoms with E-state index in [1.165, 1.54) is 0 Å². The van der Waals surface area contributed by atoms with Crippen LogP contribution in [-0.2, 0) is 4.74 Å². The monoisotopic (exact) mass is 265 g/mol. The Bertz CT molecular complexity index is 367. The van der Waals surface area contributed by atoms with Crippen molar-refractivity contribution in [3.8, 4) is 0 Å². The second kappa shape index (κ2) is 8.70. The number of aliphatic hydroxyl groups is 1. The van der Waals surface area contributed by atoms with Gasteiger partial charge in [-0.05, 0) is 39.8 Å². The summed E-state index contributed by atoms with van der Waals surface area (Å²) in [6.07, 6.45) is -0.167. The van der Waals surface area contributed by atoms with Crippen molar-refractivity contribution >= 4 is 5.90 Å². The fourth-order valence-corrected chi connectivity index (χ4v) is 1.31. The first kappa shape index (κ1) is 17.6. The first-order valence-electron chi connectivity index (χ1n) is 6.87. The topological polar surface area (TPSA) is 41.8 Å². The van der Waals surface area contributed by atoms with Crippen LogP contribution in [0.2, 0.25) is 0 Å². The quantitative estimate of drug-likeness (QED) is 0.842. The van der Waals surface area contributed by atoms with Gasteiger partial charge >= 0.3 is 0 Å². The minimum Gasteiger partial charge on any atom is -0.475 e. The minimum absolute atomic E-state index is 0.0643. The zero-order valence-corrected chi connectivity index (χ0v) is 13.0. The molecule has 1 aromatic rings. The summed E-state index contributed by atoms with van der Waals surface area (Å²) >= 11 is 0. The number of nitrogens with zero attached hydrogens (tertiary/aromatic N) is 1. The fraction of sp³-hybridized carbons (Fsp3) is 0.562. The molecule has 19 heavy (non-hydrogen) atoms. The summed E-state index contributed by atoms with van der Waals surface area (Å²) in [6.45, 7) is 12.3. The van der Waals surface area contributed by atoms with Crippen molar-refractivity contribution in [2.45, 2.75) is 53.2 Å². The predicted octanol–water partition coefficient (Wildman–Crippen LogP) is 3.66. The number of benzene rings is 1. The Kier molecular flexibility index (Phi) is 8.08. The molecule has 1 aromatic carbocycles. The molecule has 0 fully saturated rings. The molecule has 0 aliphatic carbocycles. The molecule has 1 N–H and O–H groups in total. The van der Waals surface area contributed by atoms with E-state index in [1.54, 1.807) is 13.8 Å². The molecule has 0 spiro atoms. The van der Waals surface area contributed by atoms with E-state index in [4.69, 9.17) is 9.84 Å². The zero-order chi connectivity index (χ0) is 14.9. The van der Waals surface area contributed by atoms with Gasteiger partial charge in [0.1, 0.15) is 6.61 Å². The highest BCUT2D eigenvalue weighted by molar-refractivity contribution is 5.95. The van der Waals surface area contributed by atoms with E-state index in [2.05, 4.69) is 18.8 Å². The lowest BCUT2D eigenvalue weighted by atomic mass is 10.1. The Morgan fingerprint density at radius 2 is 1.63 bits per heavy atom. The minimum atomic E-state index is -0.167. The molecule has 0 radical (unpaired) electrons. The number of aliphatic imine (C=N–C) groups is 1. The third-order valence-corrected chi connectivity index (χ3v) is 1.99. The fourth-order valence-electron chi connectivity index (χ4n) is 1.31. The van der Waals surface area contributed by atoms with E-state index in [-0.39, 0.29) is 11.6 Å². The van der Waals surface area contributed by atoms with Crippen LogP contribution in [0.3, 0.4) is 0 Å². The summed E-state index contributed by atoms with van der Waals surface area (Å²) in [6, 6.07) is 10.0. The van der Waals surface area contributed by atoms with E-state index >= 15 is 0 Å². The maximum Gasteiger partial charge on any atom is 0.216 e. The van der Waals surface area contributed by atoms with Crippen molar-refractivity contribution in [3.63, 3.8) is 0 Å². The number of rotatable bonds is 1. The molecule has 3 heteroatoms. The molecule has 0 unspecified atom stereocenters. The zero-order valence-electron chi connectivity index (χ0n) is 13.0. The summed E-state index contributed by atoms with van der Waals surface area (Å²) in [5.41, 5.74) is 0.999. The Labute approximate surface area is 117 Å². The molecule has 1 aliphatic heterocycles. The van der Waals surface area contributed by atoms with Crippen LogP contribution in [-0.4, -0.2) is 29.3 Å². The standard InChI is InChI=1S/C11H13NO.C3H8O.C2H6/c1-11(2)8-13-10(12-11)9-6-4-3-5-7-9;1-3(2)4;1-2/h3-7H,8H2,1-2H3;3-4H,1-2H3;1-2H3.